The van der Waals surface area contributed by atoms with Gasteiger partial charge in [-0.15, -0.1) is 0 Å². The third-order valence-corrected chi connectivity index (χ3v) is 5.60. The van der Waals surface area contributed by atoms with E-state index in [0.717, 1.165) is 29.5 Å². The van der Waals surface area contributed by atoms with E-state index in [0.29, 0.717) is 0 Å². The number of nitrogens with two attached hydrogens (primary N) is 2. The number of benzene rings is 1. The third kappa shape index (κ3) is 3.28. The van der Waals surface area contributed by atoms with Crippen LogP contribution in [0.15, 0.2) is 29.2 Å². The summed E-state index contributed by atoms with van der Waals surface area (Å²) in [4.78, 5) is 25.6. The van der Waals surface area contributed by atoms with Crippen LogP contribution in [0.2, 0.25) is 5.02 Å². The van der Waals surface area contributed by atoms with Crippen molar-refractivity contribution in [2.75, 3.05) is 16.8 Å². The van der Waals surface area contributed by atoms with Gasteiger partial charge in [0.25, 0.3) is 5.56 Å². The summed E-state index contributed by atoms with van der Waals surface area (Å²) in [6.45, 7) is 0. The zero-order valence-electron chi connectivity index (χ0n) is 16.3. The molecule has 13 heteroatoms. The zero-order chi connectivity index (χ0) is 22.6. The first-order chi connectivity index (χ1) is 15.3. The van der Waals surface area contributed by atoms with Crippen molar-refractivity contribution in [2.24, 2.45) is 5.92 Å². The Balaban J connectivity index is 1.77. The Hall–Kier alpha value is -3.80. The van der Waals surface area contributed by atoms with Crippen molar-refractivity contribution in [3.8, 4) is 5.82 Å². The molecule has 0 saturated heterocycles. The number of rotatable bonds is 5. The highest BCUT2D eigenvalue weighted by atomic mass is 35.5. The lowest BCUT2D eigenvalue weighted by molar-refractivity contribution is 0.588. The van der Waals surface area contributed by atoms with E-state index in [-0.39, 0.29) is 45.7 Å². The van der Waals surface area contributed by atoms with E-state index in [4.69, 9.17) is 23.1 Å². The van der Waals surface area contributed by atoms with E-state index >= 15 is 0 Å². The predicted octanol–water partition coefficient (Wildman–Crippen LogP) is 2.56. The normalized spacial score (nSPS) is 14.6. The highest BCUT2D eigenvalue weighted by Crippen LogP contribution is 2.43. The largest absolute Gasteiger partial charge is 0.382 e. The summed E-state index contributed by atoms with van der Waals surface area (Å²) in [5, 5.41) is 9.34. The molecule has 0 bridgehead atoms. The number of aromatic nitrogens is 6. The molecule has 1 aliphatic rings. The number of hydrogen-bond acceptors (Lipinski definition) is 8. The summed E-state index contributed by atoms with van der Waals surface area (Å²) in [7, 11) is 0. The Bertz CT molecular complexity index is 1400. The zero-order valence-corrected chi connectivity index (χ0v) is 17.1. The van der Waals surface area contributed by atoms with Gasteiger partial charge in [-0.2, -0.15) is 15.1 Å². The van der Waals surface area contributed by atoms with Crippen LogP contribution in [0.4, 0.5) is 26.4 Å². The van der Waals surface area contributed by atoms with Crippen LogP contribution in [-0.4, -0.2) is 29.7 Å². The van der Waals surface area contributed by atoms with Crippen molar-refractivity contribution in [2.45, 2.75) is 18.9 Å². The lowest BCUT2D eigenvalue weighted by Gasteiger charge is -2.23. The maximum Gasteiger partial charge on any atom is 0.270 e. The van der Waals surface area contributed by atoms with Crippen molar-refractivity contribution in [1.82, 2.24) is 29.7 Å². The molecule has 5 rings (SSSR count). The highest BCUT2D eigenvalue weighted by Gasteiger charge is 2.37. The second-order valence-electron chi connectivity index (χ2n) is 7.38. The van der Waals surface area contributed by atoms with Gasteiger partial charge in [0.1, 0.15) is 39.2 Å². The van der Waals surface area contributed by atoms with Crippen LogP contribution in [0.1, 0.15) is 24.7 Å². The third-order valence-electron chi connectivity index (χ3n) is 5.22. The Kier molecular flexibility index (Phi) is 4.66. The molecule has 164 valence electrons. The van der Waals surface area contributed by atoms with Gasteiger partial charge in [0.2, 0.25) is 5.95 Å². The van der Waals surface area contributed by atoms with Crippen molar-refractivity contribution < 1.29 is 8.78 Å². The predicted molar refractivity (Wildman–Crippen MR) is 114 cm³/mol. The van der Waals surface area contributed by atoms with Crippen LogP contribution >= 0.6 is 11.6 Å². The summed E-state index contributed by atoms with van der Waals surface area (Å²) in [6.07, 6.45) is 3.09. The number of nitrogen functional groups attached to an aromatic ring is 2. The van der Waals surface area contributed by atoms with Crippen LogP contribution in [0, 0.1) is 17.6 Å². The Morgan fingerprint density at radius 3 is 2.59 bits per heavy atom. The first-order valence-electron chi connectivity index (χ1n) is 9.61. The first-order valence-corrected chi connectivity index (χ1v) is 9.98. The maximum atomic E-state index is 14.6. The molecule has 1 aromatic carbocycles. The fraction of sp³-hybridized carbons (Fsp3) is 0.211. The van der Waals surface area contributed by atoms with Gasteiger partial charge in [-0.25, -0.2) is 18.3 Å². The minimum absolute atomic E-state index is 0.00893. The summed E-state index contributed by atoms with van der Waals surface area (Å²) < 4.78 is 30.2. The number of nitrogens with zero attached hydrogens (tertiary/aromatic N) is 5. The van der Waals surface area contributed by atoms with E-state index < -0.39 is 28.6 Å². The maximum absolute atomic E-state index is 14.6. The average molecular weight is 460 g/mol. The Morgan fingerprint density at radius 2 is 1.91 bits per heavy atom. The van der Waals surface area contributed by atoms with E-state index in [1.165, 1.54) is 12.3 Å². The molecule has 32 heavy (non-hydrogen) atoms. The van der Waals surface area contributed by atoms with Crippen LogP contribution in [0.25, 0.3) is 16.7 Å². The molecule has 4 aromatic rings. The lowest BCUT2D eigenvalue weighted by atomic mass is 10.1. The molecule has 10 nitrogen and oxygen atoms in total. The molecule has 1 aliphatic carbocycles. The molecule has 1 saturated carbocycles. The van der Waals surface area contributed by atoms with E-state index in [1.54, 1.807) is 0 Å². The van der Waals surface area contributed by atoms with Gasteiger partial charge in [-0.05, 0) is 30.9 Å². The van der Waals surface area contributed by atoms with Crippen LogP contribution in [0.5, 0.6) is 0 Å². The van der Waals surface area contributed by atoms with Crippen molar-refractivity contribution >= 4 is 40.1 Å². The standard InChI is InChI=1S/C19H16ClF2N9O/c20-12-15(23)28-19(24)29-16(12)26-13(7-1-2-7)17-27-14-9(22)4-3-8(21)11(14)18(32)31(17)10-5-6-25-30-10/h3-7,13H,1-2H2,(H,25,30)(H5,23,24,26,28,29)/t13-/m0/s1. The smallest absolute Gasteiger partial charge is 0.270 e. The number of halogens is 3. The van der Waals surface area contributed by atoms with Gasteiger partial charge in [0, 0.05) is 12.3 Å². The quantitative estimate of drug-likeness (QED) is 0.355. The number of fused-ring (bicyclic) bond motifs is 1. The lowest BCUT2D eigenvalue weighted by Crippen LogP contribution is -2.30. The number of nitrogens with one attached hydrogen (secondary N) is 2. The monoisotopic (exact) mass is 459 g/mol. The molecule has 6 N–H and O–H groups in total. The molecule has 0 unspecified atom stereocenters. The van der Waals surface area contributed by atoms with Gasteiger partial charge in [0.15, 0.2) is 11.6 Å². The second-order valence-corrected chi connectivity index (χ2v) is 7.76. The number of hydrogen-bond donors (Lipinski definition) is 4. The van der Waals surface area contributed by atoms with Gasteiger partial charge in [0.05, 0.1) is 6.04 Å². The fourth-order valence-corrected chi connectivity index (χ4v) is 3.73. The second kappa shape index (κ2) is 7.41. The molecule has 0 aliphatic heterocycles. The van der Waals surface area contributed by atoms with E-state index in [9.17, 15) is 13.6 Å². The molecule has 1 fully saturated rings. The number of H-pyrrole nitrogens is 1. The van der Waals surface area contributed by atoms with E-state index in [1.807, 2.05) is 0 Å². The summed E-state index contributed by atoms with van der Waals surface area (Å²) >= 11 is 6.25. The fourth-order valence-electron chi connectivity index (χ4n) is 3.59. The summed E-state index contributed by atoms with van der Waals surface area (Å²) in [5.41, 5.74) is 10.3. The first kappa shape index (κ1) is 20.1. The van der Waals surface area contributed by atoms with Gasteiger partial charge in [-0.3, -0.25) is 9.89 Å². The number of anilines is 3. The minimum Gasteiger partial charge on any atom is -0.382 e. The van der Waals surface area contributed by atoms with Gasteiger partial charge in [-0.1, -0.05) is 11.6 Å². The minimum atomic E-state index is -0.884. The molecular weight excluding hydrogens is 444 g/mol. The van der Waals surface area contributed by atoms with Crippen molar-refractivity contribution in [3.05, 3.63) is 57.2 Å². The molecule has 1 atom stereocenters. The molecular formula is C19H16ClF2N9O. The molecule has 3 heterocycles. The van der Waals surface area contributed by atoms with Crippen molar-refractivity contribution in [3.63, 3.8) is 0 Å². The molecule has 0 amide bonds. The molecule has 0 spiro atoms. The average Bonchev–Trinajstić information content (AvgIpc) is 3.45. The van der Waals surface area contributed by atoms with Gasteiger partial charge >= 0.3 is 0 Å². The molecule has 0 radical (unpaired) electrons. The SMILES string of the molecule is Nc1nc(N)c(Cl)c(N[C@H](c2nc3c(F)ccc(F)c3c(=O)n2-c2cc[nH]n2)C2CC2)n1. The molecule has 3 aromatic heterocycles. The Labute approximate surface area is 183 Å². The summed E-state index contributed by atoms with van der Waals surface area (Å²) in [6, 6.07) is 2.68. The number of aromatic amines is 1. The van der Waals surface area contributed by atoms with Crippen LogP contribution < -0.4 is 22.3 Å². The topological polar surface area (TPSA) is 153 Å². The van der Waals surface area contributed by atoms with Crippen LogP contribution in [-0.2, 0) is 0 Å². The van der Waals surface area contributed by atoms with Gasteiger partial charge < -0.3 is 16.8 Å². The van der Waals surface area contributed by atoms with E-state index in [2.05, 4.69) is 30.5 Å². The summed E-state index contributed by atoms with van der Waals surface area (Å²) in [5.74, 6) is -1.40. The van der Waals surface area contributed by atoms with Crippen LogP contribution in [0.3, 0.4) is 0 Å². The highest BCUT2D eigenvalue weighted by molar-refractivity contribution is 6.35. The van der Waals surface area contributed by atoms with Crippen molar-refractivity contribution in [1.29, 1.82) is 0 Å². The Morgan fingerprint density at radius 1 is 1.16 bits per heavy atom.